The van der Waals surface area contributed by atoms with Gasteiger partial charge >= 0.3 is 0 Å². The molecule has 149 heavy (non-hydrogen) atoms. The van der Waals surface area contributed by atoms with E-state index in [0.29, 0.717) is 17.5 Å². The number of hydrogen-bond donors (Lipinski definition) is 0. The lowest BCUT2D eigenvalue weighted by Gasteiger charge is -2.13. The van der Waals surface area contributed by atoms with Gasteiger partial charge in [0.05, 0.1) is 60.9 Å². The first-order valence-electron chi connectivity index (χ1n) is 50.1. The van der Waals surface area contributed by atoms with Crippen molar-refractivity contribution >= 4 is 152 Å². The second kappa shape index (κ2) is 36.6. The number of pyridine rings is 4. The molecule has 0 bridgehead atoms. The molecule has 0 aliphatic carbocycles. The number of para-hydroxylation sites is 4. The van der Waals surface area contributed by atoms with E-state index >= 15 is 0 Å². The predicted octanol–water partition coefficient (Wildman–Crippen LogP) is 34.2. The van der Waals surface area contributed by atoms with E-state index < -0.39 is 0 Å². The molecule has 0 radical (unpaired) electrons. The van der Waals surface area contributed by atoms with E-state index in [9.17, 15) is 0 Å². The Morgan fingerprint density at radius 3 is 1.13 bits per heavy atom. The standard InChI is InChI=1S/C50H31N5.C45H28N4.C41H26N4/c1-2-11-32(12-3-1)34-16-8-17-35(27-34)38-23-25-46-42(29-38)43-28-36-13-4-5-14-37(36)30-47(43)55(46)50-41-19-6-7-21-45(41)53-49(54-50)39-22-24-44(52-31-39)40-20-9-15-33-18-10-26-51-48(33)40;1-2-11-34-28-42-39(27-33(34)10-1)43-37(36-15-7-12-31-9-3-4-13-35(31)36)16-8-18-41(43)49(42)45-38-14-5-6-17-40(38)47-44(48-45)32-21-19-29(20-22-32)30-23-25-46-26-24-30;1-2-9-27(10-3-1)32-20-21-34-36-23-30-11-4-5-12-31(30)24-39(36)45(38(34)25-32)41-35-14-6-7-15-37(35)43-40(44-41)29-18-16-28(17-19-29)33-13-8-22-42-26-33/h1-31H;1-28H;1-26H. The molecule has 30 rings (SSSR count). The normalized spacial score (nSPS) is 11.6. The first-order valence-corrected chi connectivity index (χ1v) is 50.1. The maximum absolute atomic E-state index is 5.39. The van der Waals surface area contributed by atoms with Crippen molar-refractivity contribution in [3.63, 3.8) is 0 Å². The van der Waals surface area contributed by atoms with Crippen LogP contribution in [0.5, 0.6) is 0 Å². The van der Waals surface area contributed by atoms with E-state index in [1.54, 1.807) is 6.20 Å². The molecular formula is C136H85N13. The number of benzene rings is 20. The van der Waals surface area contributed by atoms with Crippen molar-refractivity contribution in [2.24, 2.45) is 0 Å². The van der Waals surface area contributed by atoms with Crippen molar-refractivity contribution < 1.29 is 0 Å². The lowest BCUT2D eigenvalue weighted by molar-refractivity contribution is 1.07. The highest BCUT2D eigenvalue weighted by Crippen LogP contribution is 2.47. The van der Waals surface area contributed by atoms with E-state index in [1.165, 1.54) is 120 Å². The topological polar surface area (TPSA) is 144 Å². The van der Waals surface area contributed by atoms with Crippen molar-refractivity contribution in [3.8, 4) is 130 Å². The van der Waals surface area contributed by atoms with Gasteiger partial charge in [-0.3, -0.25) is 33.6 Å². The van der Waals surface area contributed by atoms with Crippen molar-refractivity contribution in [2.45, 2.75) is 0 Å². The first kappa shape index (κ1) is 86.6. The van der Waals surface area contributed by atoms with Crippen LogP contribution in [0.1, 0.15) is 0 Å². The molecule has 0 fully saturated rings. The summed E-state index contributed by atoms with van der Waals surface area (Å²) >= 11 is 0. The molecule has 20 aromatic carbocycles. The maximum atomic E-state index is 5.39. The average molecular weight is 1900 g/mol. The van der Waals surface area contributed by atoms with E-state index in [2.05, 4.69) is 453 Å². The molecule has 0 N–H and O–H groups in total. The summed E-state index contributed by atoms with van der Waals surface area (Å²) in [5.74, 6) is 4.56. The van der Waals surface area contributed by atoms with Crippen LogP contribution in [0.2, 0.25) is 0 Å². The van der Waals surface area contributed by atoms with Crippen LogP contribution in [0.25, 0.3) is 282 Å². The van der Waals surface area contributed by atoms with Crippen LogP contribution < -0.4 is 0 Å². The lowest BCUT2D eigenvalue weighted by atomic mass is 9.94. The van der Waals surface area contributed by atoms with Gasteiger partial charge in [-0.25, -0.2) is 29.9 Å². The zero-order valence-corrected chi connectivity index (χ0v) is 80.4. The van der Waals surface area contributed by atoms with Gasteiger partial charge in [-0.1, -0.05) is 340 Å². The van der Waals surface area contributed by atoms with Crippen LogP contribution in [-0.2, 0) is 0 Å². The molecule has 30 aromatic rings. The van der Waals surface area contributed by atoms with Crippen LogP contribution in [0.15, 0.2) is 516 Å². The maximum Gasteiger partial charge on any atom is 0.163 e. The lowest BCUT2D eigenvalue weighted by Crippen LogP contribution is -2.03. The minimum Gasteiger partial charge on any atom is -0.293 e. The molecule has 10 aromatic heterocycles. The van der Waals surface area contributed by atoms with Gasteiger partial charge in [-0.15, -0.1) is 0 Å². The van der Waals surface area contributed by atoms with Gasteiger partial charge < -0.3 is 0 Å². The van der Waals surface area contributed by atoms with Gasteiger partial charge in [-0.05, 0) is 249 Å². The Bertz CT molecular complexity index is 10500. The molecule has 13 heteroatoms. The largest absolute Gasteiger partial charge is 0.293 e. The summed E-state index contributed by atoms with van der Waals surface area (Å²) in [7, 11) is 0. The van der Waals surface area contributed by atoms with Crippen LogP contribution >= 0.6 is 0 Å². The summed E-state index contributed by atoms with van der Waals surface area (Å²) < 4.78 is 7.00. The number of rotatable bonds is 13. The Kier molecular flexibility index (Phi) is 21.3. The molecule has 0 saturated heterocycles. The summed E-state index contributed by atoms with van der Waals surface area (Å²) in [5.41, 5.74) is 28.8. The van der Waals surface area contributed by atoms with Crippen LogP contribution in [0.3, 0.4) is 0 Å². The van der Waals surface area contributed by atoms with E-state index in [0.717, 1.165) is 144 Å². The van der Waals surface area contributed by atoms with Crippen molar-refractivity contribution in [1.82, 2.24) is 63.5 Å². The van der Waals surface area contributed by atoms with Crippen LogP contribution in [0, 0.1) is 0 Å². The molecule has 0 spiro atoms. The molecule has 13 nitrogen and oxygen atoms in total. The van der Waals surface area contributed by atoms with Gasteiger partial charge in [-0.2, -0.15) is 0 Å². The molecule has 0 atom stereocenters. The predicted molar refractivity (Wildman–Crippen MR) is 615 cm³/mol. The van der Waals surface area contributed by atoms with E-state index in [1.807, 2.05) is 85.6 Å². The molecule has 0 aliphatic heterocycles. The summed E-state index contributed by atoms with van der Waals surface area (Å²) in [6, 6.07) is 169. The number of hydrogen-bond acceptors (Lipinski definition) is 10. The Morgan fingerprint density at radius 2 is 0.544 bits per heavy atom. The van der Waals surface area contributed by atoms with E-state index in [-0.39, 0.29) is 0 Å². The summed E-state index contributed by atoms with van der Waals surface area (Å²) in [6.07, 6.45) is 11.0. The molecule has 10 heterocycles. The molecule has 0 unspecified atom stereocenters. The Hall–Kier alpha value is -20.3. The van der Waals surface area contributed by atoms with Gasteiger partial charge in [0.25, 0.3) is 0 Å². The fraction of sp³-hybridized carbons (Fsp3) is 0. The average Bonchev–Trinajstić information content (AvgIpc) is 1.57. The molecule has 0 amide bonds. The highest BCUT2D eigenvalue weighted by molar-refractivity contribution is 6.22. The highest BCUT2D eigenvalue weighted by Gasteiger charge is 2.27. The third-order valence-electron chi connectivity index (χ3n) is 29.0. The zero-order valence-electron chi connectivity index (χ0n) is 80.4. The Balaban J connectivity index is 0.000000108. The Labute approximate surface area is 855 Å². The summed E-state index contributed by atoms with van der Waals surface area (Å²) in [4.78, 5) is 49.4. The number of nitrogens with zero attached hydrogens (tertiary/aromatic N) is 13. The van der Waals surface area contributed by atoms with Crippen molar-refractivity contribution in [3.05, 3.63) is 516 Å². The SMILES string of the molecule is c1ccc(-c2ccc3c4cc5ccccc5cc4n(-c4nc(-c5ccc(-c6cccnc6)cc5)nc5ccccc45)c3c2)cc1.c1ccc(-c2cccc(-c3ccc4c(c3)c3cc5ccccc5cc3n4-c3nc(-c4ccc(-c5cccc6cccnc56)nc4)nc4ccccc34)c2)cc1.c1ccc2cc3c(cc2c1)c1c(-c2cccc4ccccc24)cccc1n3-c1nc(-c2ccc(-c3ccncc3)cc2)nc2ccccc12. The number of fused-ring (bicyclic) bond motifs is 17. The fourth-order valence-corrected chi connectivity index (χ4v) is 21.8. The Morgan fingerprint density at radius 1 is 0.161 bits per heavy atom. The van der Waals surface area contributed by atoms with E-state index in [4.69, 9.17) is 34.9 Å². The molecule has 694 valence electrons. The monoisotopic (exact) mass is 1900 g/mol. The fourth-order valence-electron chi connectivity index (χ4n) is 21.8. The quantitative estimate of drug-likeness (QED) is 0.109. The van der Waals surface area contributed by atoms with Gasteiger partial charge in [0, 0.05) is 113 Å². The second-order valence-corrected chi connectivity index (χ2v) is 37.8. The first-order chi connectivity index (χ1) is 73.8. The summed E-state index contributed by atoms with van der Waals surface area (Å²) in [5, 5.41) is 20.9. The zero-order chi connectivity index (χ0) is 98.4. The third kappa shape index (κ3) is 15.6. The van der Waals surface area contributed by atoms with Crippen molar-refractivity contribution in [2.75, 3.05) is 0 Å². The third-order valence-corrected chi connectivity index (χ3v) is 29.0. The van der Waals surface area contributed by atoms with Crippen LogP contribution in [0.4, 0.5) is 0 Å². The van der Waals surface area contributed by atoms with Crippen LogP contribution in [-0.4, -0.2) is 63.5 Å². The highest BCUT2D eigenvalue weighted by atomic mass is 15.1. The minimum absolute atomic E-state index is 0.619. The molecular weight excluding hydrogens is 1820 g/mol. The van der Waals surface area contributed by atoms with Gasteiger partial charge in [0.15, 0.2) is 17.5 Å². The van der Waals surface area contributed by atoms with Gasteiger partial charge in [0.2, 0.25) is 0 Å². The smallest absolute Gasteiger partial charge is 0.163 e. The van der Waals surface area contributed by atoms with Crippen molar-refractivity contribution in [1.29, 1.82) is 0 Å². The molecule has 0 saturated carbocycles. The minimum atomic E-state index is 0.619. The summed E-state index contributed by atoms with van der Waals surface area (Å²) in [6.45, 7) is 0. The van der Waals surface area contributed by atoms with Gasteiger partial charge in [0.1, 0.15) is 17.5 Å². The molecule has 0 aliphatic rings. The number of aromatic nitrogens is 13. The second-order valence-electron chi connectivity index (χ2n) is 37.8.